The summed E-state index contributed by atoms with van der Waals surface area (Å²) >= 11 is 1.36. The van der Waals surface area contributed by atoms with Crippen LogP contribution in [-0.2, 0) is 22.9 Å². The lowest BCUT2D eigenvalue weighted by molar-refractivity contribution is -0.384. The molecule has 1 aromatic heterocycles. The fourth-order valence-corrected chi connectivity index (χ4v) is 4.91. The predicted octanol–water partition coefficient (Wildman–Crippen LogP) is 2.98. The van der Waals surface area contributed by atoms with Crippen LogP contribution < -0.4 is 4.72 Å². The van der Waals surface area contributed by atoms with Gasteiger partial charge in [-0.1, -0.05) is 6.92 Å². The van der Waals surface area contributed by atoms with Gasteiger partial charge in [0.05, 0.1) is 15.5 Å². The number of aryl methyl sites for hydroxylation is 1. The summed E-state index contributed by atoms with van der Waals surface area (Å²) in [7, 11) is -3.79. The third-order valence-corrected chi connectivity index (χ3v) is 6.29. The minimum absolute atomic E-state index is 0.0235. The molecule has 1 heterocycles. The number of benzene rings is 1. The lowest BCUT2D eigenvalue weighted by atomic mass is 9.93. The highest BCUT2D eigenvalue weighted by Crippen LogP contribution is 2.33. The van der Waals surface area contributed by atoms with Crippen LogP contribution in [0.25, 0.3) is 0 Å². The summed E-state index contributed by atoms with van der Waals surface area (Å²) in [5.41, 5.74) is 0.817. The maximum absolute atomic E-state index is 12.3. The molecule has 0 spiro atoms. The van der Waals surface area contributed by atoms with Crippen LogP contribution in [0.15, 0.2) is 29.2 Å². The summed E-state index contributed by atoms with van der Waals surface area (Å²) in [5, 5.41) is 11.0. The summed E-state index contributed by atoms with van der Waals surface area (Å²) in [6, 6.07) is 4.78. The number of sulfonamides is 1. The number of nitro benzene ring substituents is 1. The second kappa shape index (κ2) is 5.89. The maximum Gasteiger partial charge on any atom is 0.269 e. The molecule has 0 saturated carbocycles. The summed E-state index contributed by atoms with van der Waals surface area (Å²) < 4.78 is 27.2. The normalized spacial score (nSPS) is 17.5. The first kappa shape index (κ1) is 15.9. The van der Waals surface area contributed by atoms with E-state index in [1.807, 2.05) is 0 Å². The Bertz CT molecular complexity index is 843. The summed E-state index contributed by atoms with van der Waals surface area (Å²) in [4.78, 5) is 15.5. The molecule has 0 radical (unpaired) electrons. The molecule has 1 unspecified atom stereocenters. The van der Waals surface area contributed by atoms with Crippen LogP contribution in [0, 0.1) is 16.0 Å². The van der Waals surface area contributed by atoms with E-state index in [0.29, 0.717) is 11.0 Å². The van der Waals surface area contributed by atoms with E-state index >= 15 is 0 Å². The Morgan fingerprint density at radius 1 is 1.35 bits per heavy atom. The van der Waals surface area contributed by atoms with Gasteiger partial charge in [-0.15, -0.1) is 11.3 Å². The van der Waals surface area contributed by atoms with E-state index in [2.05, 4.69) is 16.6 Å². The SMILES string of the molecule is CC1CCc2nc(NS(=O)(=O)c3ccc([N+](=O)[O-])cc3)sc2C1. The highest BCUT2D eigenvalue weighted by molar-refractivity contribution is 7.93. The van der Waals surface area contributed by atoms with Gasteiger partial charge in [0.2, 0.25) is 0 Å². The molecule has 0 fully saturated rings. The van der Waals surface area contributed by atoms with Crippen LogP contribution in [0.1, 0.15) is 23.9 Å². The first-order chi connectivity index (χ1) is 10.8. The minimum atomic E-state index is -3.79. The third-order valence-electron chi connectivity index (χ3n) is 3.77. The molecule has 3 rings (SSSR count). The quantitative estimate of drug-likeness (QED) is 0.672. The lowest BCUT2D eigenvalue weighted by Crippen LogP contribution is -2.13. The zero-order valence-corrected chi connectivity index (χ0v) is 14.0. The van der Waals surface area contributed by atoms with Crippen molar-refractivity contribution in [2.75, 3.05) is 4.72 Å². The number of nitrogens with zero attached hydrogens (tertiary/aromatic N) is 2. The monoisotopic (exact) mass is 353 g/mol. The first-order valence-electron chi connectivity index (χ1n) is 7.11. The topological polar surface area (TPSA) is 102 Å². The molecule has 1 N–H and O–H groups in total. The number of aromatic nitrogens is 1. The van der Waals surface area contributed by atoms with Gasteiger partial charge in [0.25, 0.3) is 15.7 Å². The van der Waals surface area contributed by atoms with Gasteiger partial charge in [-0.25, -0.2) is 13.4 Å². The van der Waals surface area contributed by atoms with E-state index < -0.39 is 14.9 Å². The Labute approximate surface area is 137 Å². The number of hydrogen-bond donors (Lipinski definition) is 1. The molecular weight excluding hydrogens is 338 g/mol. The van der Waals surface area contributed by atoms with E-state index in [0.717, 1.165) is 29.8 Å². The smallest absolute Gasteiger partial charge is 0.258 e. The Balaban J connectivity index is 1.82. The van der Waals surface area contributed by atoms with E-state index in [-0.39, 0.29) is 10.6 Å². The van der Waals surface area contributed by atoms with Gasteiger partial charge < -0.3 is 0 Å². The summed E-state index contributed by atoms with van der Waals surface area (Å²) in [5.74, 6) is 0.585. The zero-order valence-electron chi connectivity index (χ0n) is 12.4. The van der Waals surface area contributed by atoms with E-state index in [4.69, 9.17) is 0 Å². The number of hydrogen-bond acceptors (Lipinski definition) is 6. The van der Waals surface area contributed by atoms with Crippen molar-refractivity contribution in [3.8, 4) is 0 Å². The van der Waals surface area contributed by atoms with Gasteiger partial charge in [-0.2, -0.15) is 0 Å². The van der Waals surface area contributed by atoms with Gasteiger partial charge in [-0.05, 0) is 37.3 Å². The van der Waals surface area contributed by atoms with E-state index in [9.17, 15) is 18.5 Å². The van der Waals surface area contributed by atoms with Crippen molar-refractivity contribution in [3.05, 3.63) is 45.0 Å². The van der Waals surface area contributed by atoms with Gasteiger partial charge in [0, 0.05) is 17.0 Å². The van der Waals surface area contributed by atoms with Crippen molar-refractivity contribution in [2.24, 2.45) is 5.92 Å². The van der Waals surface area contributed by atoms with Crippen LogP contribution in [0.5, 0.6) is 0 Å². The van der Waals surface area contributed by atoms with E-state index in [1.165, 1.54) is 35.6 Å². The number of fused-ring (bicyclic) bond motifs is 1. The molecule has 7 nitrogen and oxygen atoms in total. The second-order valence-corrected chi connectivity index (χ2v) is 8.36. The molecule has 122 valence electrons. The highest BCUT2D eigenvalue weighted by Gasteiger charge is 2.23. The average Bonchev–Trinajstić information content (AvgIpc) is 2.87. The molecule has 9 heteroatoms. The number of nitro groups is 1. The molecule has 0 bridgehead atoms. The number of thiazole rings is 1. The van der Waals surface area contributed by atoms with Gasteiger partial charge in [-0.3, -0.25) is 14.8 Å². The predicted molar refractivity (Wildman–Crippen MR) is 87.2 cm³/mol. The van der Waals surface area contributed by atoms with Crippen molar-refractivity contribution < 1.29 is 13.3 Å². The molecule has 2 aromatic rings. The first-order valence-corrected chi connectivity index (χ1v) is 9.41. The number of rotatable bonds is 4. The largest absolute Gasteiger partial charge is 0.269 e. The third kappa shape index (κ3) is 3.35. The van der Waals surface area contributed by atoms with Gasteiger partial charge in [0.15, 0.2) is 5.13 Å². The van der Waals surface area contributed by atoms with Crippen LogP contribution >= 0.6 is 11.3 Å². The van der Waals surface area contributed by atoms with E-state index in [1.54, 1.807) is 0 Å². The number of nitrogens with one attached hydrogen (secondary N) is 1. The van der Waals surface area contributed by atoms with Crippen molar-refractivity contribution in [1.29, 1.82) is 0 Å². The van der Waals surface area contributed by atoms with Crippen molar-refractivity contribution in [1.82, 2.24) is 4.98 Å². The fourth-order valence-electron chi connectivity index (χ4n) is 2.50. The molecular formula is C14H15N3O4S2. The zero-order chi connectivity index (χ0) is 16.6. The number of anilines is 1. The van der Waals surface area contributed by atoms with Crippen LogP contribution in [0.2, 0.25) is 0 Å². The van der Waals surface area contributed by atoms with Crippen molar-refractivity contribution >= 4 is 32.2 Å². The molecule has 1 aliphatic rings. The molecule has 0 amide bonds. The molecule has 23 heavy (non-hydrogen) atoms. The second-order valence-electron chi connectivity index (χ2n) is 5.59. The van der Waals surface area contributed by atoms with Crippen molar-refractivity contribution in [2.45, 2.75) is 31.1 Å². The van der Waals surface area contributed by atoms with Crippen LogP contribution in [0.4, 0.5) is 10.8 Å². The maximum atomic E-state index is 12.3. The molecule has 0 aliphatic heterocycles. The average molecular weight is 353 g/mol. The minimum Gasteiger partial charge on any atom is -0.258 e. The van der Waals surface area contributed by atoms with Gasteiger partial charge in [0.1, 0.15) is 0 Å². The van der Waals surface area contributed by atoms with Crippen LogP contribution in [0.3, 0.4) is 0 Å². The highest BCUT2D eigenvalue weighted by atomic mass is 32.2. The Kier molecular flexibility index (Phi) is 4.07. The molecule has 1 aliphatic carbocycles. The number of non-ortho nitro benzene ring substituents is 1. The standard InChI is InChI=1S/C14H15N3O4S2/c1-9-2-7-12-13(8-9)22-14(15-12)16-23(20,21)11-5-3-10(4-6-11)17(18)19/h3-6,9H,2,7-8H2,1H3,(H,15,16). The van der Waals surface area contributed by atoms with Crippen LogP contribution in [-0.4, -0.2) is 18.3 Å². The summed E-state index contributed by atoms with van der Waals surface area (Å²) in [6.07, 6.45) is 2.85. The summed E-state index contributed by atoms with van der Waals surface area (Å²) in [6.45, 7) is 2.17. The van der Waals surface area contributed by atoms with Crippen molar-refractivity contribution in [3.63, 3.8) is 0 Å². The molecule has 0 saturated heterocycles. The lowest BCUT2D eigenvalue weighted by Gasteiger charge is -2.15. The molecule has 1 aromatic carbocycles. The Morgan fingerprint density at radius 3 is 2.70 bits per heavy atom. The van der Waals surface area contributed by atoms with Gasteiger partial charge >= 0.3 is 0 Å². The molecule has 1 atom stereocenters. The Morgan fingerprint density at radius 2 is 2.04 bits per heavy atom. The Hall–Kier alpha value is -2.00. The fraction of sp³-hybridized carbons (Fsp3) is 0.357.